The molecule has 0 aliphatic heterocycles. The summed E-state index contributed by atoms with van der Waals surface area (Å²) in [7, 11) is 0. The first kappa shape index (κ1) is 21.4. The number of H-pyrrole nitrogens is 1. The Morgan fingerprint density at radius 2 is 1.72 bits per heavy atom. The molecule has 162 valence electrons. The molecule has 0 unspecified atom stereocenters. The molecular formula is C23H19FN4O3S. The molecule has 7 nitrogen and oxygen atoms in total. The molecule has 0 atom stereocenters. The van der Waals surface area contributed by atoms with Gasteiger partial charge >= 0.3 is 5.97 Å². The number of nitrogens with one attached hydrogen (secondary N) is 2. The summed E-state index contributed by atoms with van der Waals surface area (Å²) in [6, 6.07) is 12.7. The highest BCUT2D eigenvalue weighted by atomic mass is 32.1. The third-order valence-electron chi connectivity index (χ3n) is 4.75. The van der Waals surface area contributed by atoms with E-state index in [1.165, 1.54) is 23.5 Å². The van der Waals surface area contributed by atoms with E-state index in [4.69, 9.17) is 4.74 Å². The largest absolute Gasteiger partial charge is 0.452 e. The molecule has 2 aromatic heterocycles. The first-order valence-corrected chi connectivity index (χ1v) is 10.6. The standard InChI is InChI=1S/C23H19FN4O3S/c1-13-14(2)26-21(25-13)16-3-5-17(6-4-16)22(30)31-11-20(29)28-23-27-19(12-32-23)15-7-9-18(24)10-8-15/h3-10,12H,11H2,1-2H3,(H,25,26)(H,27,28,29). The lowest BCUT2D eigenvalue weighted by Crippen LogP contribution is -2.20. The van der Waals surface area contributed by atoms with Gasteiger partial charge in [-0.2, -0.15) is 0 Å². The molecule has 0 fully saturated rings. The summed E-state index contributed by atoms with van der Waals surface area (Å²) in [6.07, 6.45) is 0. The number of benzene rings is 2. The number of hydrogen-bond acceptors (Lipinski definition) is 6. The van der Waals surface area contributed by atoms with Gasteiger partial charge in [-0.25, -0.2) is 19.2 Å². The minimum atomic E-state index is -0.607. The summed E-state index contributed by atoms with van der Waals surface area (Å²) in [5.74, 6) is -0.718. The van der Waals surface area contributed by atoms with E-state index < -0.39 is 18.5 Å². The summed E-state index contributed by atoms with van der Waals surface area (Å²) in [6.45, 7) is 3.42. The number of halogens is 1. The van der Waals surface area contributed by atoms with E-state index in [9.17, 15) is 14.0 Å². The van der Waals surface area contributed by atoms with Crippen molar-refractivity contribution in [2.45, 2.75) is 13.8 Å². The lowest BCUT2D eigenvalue weighted by Gasteiger charge is -2.05. The van der Waals surface area contributed by atoms with Crippen molar-refractivity contribution in [3.63, 3.8) is 0 Å². The number of carbonyl (C=O) groups excluding carboxylic acids is 2. The number of aryl methyl sites for hydroxylation is 2. The number of imidazole rings is 1. The second kappa shape index (κ2) is 9.11. The predicted molar refractivity (Wildman–Crippen MR) is 120 cm³/mol. The number of anilines is 1. The van der Waals surface area contributed by atoms with Gasteiger partial charge in [0.1, 0.15) is 11.6 Å². The van der Waals surface area contributed by atoms with Crippen molar-refractivity contribution in [3.8, 4) is 22.6 Å². The fourth-order valence-electron chi connectivity index (χ4n) is 2.90. The zero-order chi connectivity index (χ0) is 22.7. The number of aromatic amines is 1. The lowest BCUT2D eigenvalue weighted by molar-refractivity contribution is -0.119. The number of hydrogen-bond donors (Lipinski definition) is 2. The molecule has 0 saturated carbocycles. The number of esters is 1. The van der Waals surface area contributed by atoms with Crippen molar-refractivity contribution in [2.24, 2.45) is 0 Å². The zero-order valence-electron chi connectivity index (χ0n) is 17.3. The number of thiazole rings is 1. The van der Waals surface area contributed by atoms with Crippen molar-refractivity contribution in [1.29, 1.82) is 0 Å². The van der Waals surface area contributed by atoms with Gasteiger partial charge in [0.15, 0.2) is 11.7 Å². The van der Waals surface area contributed by atoms with E-state index in [0.29, 0.717) is 16.4 Å². The molecule has 4 aromatic rings. The summed E-state index contributed by atoms with van der Waals surface area (Å²) in [5, 5.41) is 4.70. The number of amides is 1. The van der Waals surface area contributed by atoms with E-state index in [1.54, 1.807) is 41.8 Å². The van der Waals surface area contributed by atoms with Gasteiger partial charge in [0.25, 0.3) is 5.91 Å². The minimum Gasteiger partial charge on any atom is -0.452 e. The van der Waals surface area contributed by atoms with Crippen LogP contribution in [0.5, 0.6) is 0 Å². The number of nitrogens with zero attached hydrogens (tertiary/aromatic N) is 2. The predicted octanol–water partition coefficient (Wildman–Crippen LogP) is 4.75. The first-order chi connectivity index (χ1) is 15.4. The molecule has 9 heteroatoms. The Kier molecular flexibility index (Phi) is 6.09. The Morgan fingerprint density at radius 3 is 2.38 bits per heavy atom. The highest BCUT2D eigenvalue weighted by molar-refractivity contribution is 7.14. The Balaban J connectivity index is 1.31. The molecular weight excluding hydrogens is 431 g/mol. The van der Waals surface area contributed by atoms with Crippen molar-refractivity contribution in [3.05, 3.63) is 76.7 Å². The third-order valence-corrected chi connectivity index (χ3v) is 5.50. The van der Waals surface area contributed by atoms with Crippen LogP contribution in [0.3, 0.4) is 0 Å². The highest BCUT2D eigenvalue weighted by Crippen LogP contribution is 2.25. The third kappa shape index (κ3) is 4.89. The molecule has 0 aliphatic rings. The molecule has 0 bridgehead atoms. The maximum absolute atomic E-state index is 13.0. The van der Waals surface area contributed by atoms with E-state index in [0.717, 1.165) is 28.3 Å². The summed E-state index contributed by atoms with van der Waals surface area (Å²) in [5.41, 5.74) is 4.42. The van der Waals surface area contributed by atoms with Crippen molar-refractivity contribution >= 4 is 28.3 Å². The lowest BCUT2D eigenvalue weighted by atomic mass is 10.1. The van der Waals surface area contributed by atoms with E-state index in [2.05, 4.69) is 20.3 Å². The molecule has 0 aliphatic carbocycles. The van der Waals surface area contributed by atoms with Crippen LogP contribution < -0.4 is 5.32 Å². The highest BCUT2D eigenvalue weighted by Gasteiger charge is 2.13. The van der Waals surface area contributed by atoms with Gasteiger partial charge in [-0.15, -0.1) is 11.3 Å². The van der Waals surface area contributed by atoms with Crippen LogP contribution in [0.1, 0.15) is 21.7 Å². The fraction of sp³-hybridized carbons (Fsp3) is 0.130. The van der Waals surface area contributed by atoms with Gasteiger partial charge in [-0.05, 0) is 50.2 Å². The van der Waals surface area contributed by atoms with Crippen LogP contribution in [0, 0.1) is 19.7 Å². The number of ether oxygens (including phenoxy) is 1. The van der Waals surface area contributed by atoms with Gasteiger partial charge in [0.05, 0.1) is 17.0 Å². The van der Waals surface area contributed by atoms with Crippen LogP contribution in [-0.2, 0) is 9.53 Å². The van der Waals surface area contributed by atoms with Crippen LogP contribution >= 0.6 is 11.3 Å². The van der Waals surface area contributed by atoms with Gasteiger partial charge < -0.3 is 9.72 Å². The van der Waals surface area contributed by atoms with Crippen LogP contribution in [0.2, 0.25) is 0 Å². The molecule has 2 aromatic carbocycles. The molecule has 0 spiro atoms. The van der Waals surface area contributed by atoms with Gasteiger partial charge in [-0.1, -0.05) is 12.1 Å². The number of aromatic nitrogens is 3. The van der Waals surface area contributed by atoms with Crippen LogP contribution in [0.25, 0.3) is 22.6 Å². The van der Waals surface area contributed by atoms with Crippen molar-refractivity contribution < 1.29 is 18.7 Å². The Hall–Kier alpha value is -3.85. The van der Waals surface area contributed by atoms with Crippen LogP contribution in [0.15, 0.2) is 53.9 Å². The Labute approximate surface area is 187 Å². The summed E-state index contributed by atoms with van der Waals surface area (Å²) in [4.78, 5) is 36.3. The normalized spacial score (nSPS) is 10.7. The maximum Gasteiger partial charge on any atom is 0.338 e. The monoisotopic (exact) mass is 450 g/mol. The van der Waals surface area contributed by atoms with E-state index >= 15 is 0 Å². The maximum atomic E-state index is 13.0. The van der Waals surface area contributed by atoms with Crippen LogP contribution in [0.4, 0.5) is 9.52 Å². The summed E-state index contributed by atoms with van der Waals surface area (Å²) >= 11 is 1.22. The number of rotatable bonds is 6. The van der Waals surface area contributed by atoms with Gasteiger partial charge in [0.2, 0.25) is 0 Å². The smallest absolute Gasteiger partial charge is 0.338 e. The molecule has 32 heavy (non-hydrogen) atoms. The van der Waals surface area contributed by atoms with Crippen LogP contribution in [-0.4, -0.2) is 33.4 Å². The minimum absolute atomic E-state index is 0.328. The van der Waals surface area contributed by atoms with Gasteiger partial charge in [-0.3, -0.25) is 10.1 Å². The van der Waals surface area contributed by atoms with E-state index in [-0.39, 0.29) is 5.82 Å². The molecule has 1 amide bonds. The molecule has 2 N–H and O–H groups in total. The van der Waals surface area contributed by atoms with Gasteiger partial charge in [0, 0.05) is 22.2 Å². The van der Waals surface area contributed by atoms with Crippen molar-refractivity contribution in [1.82, 2.24) is 15.0 Å². The molecule has 0 radical (unpaired) electrons. The van der Waals surface area contributed by atoms with E-state index in [1.807, 2.05) is 13.8 Å². The van der Waals surface area contributed by atoms with Crippen molar-refractivity contribution in [2.75, 3.05) is 11.9 Å². The Bertz CT molecular complexity index is 1240. The quantitative estimate of drug-likeness (QED) is 0.413. The molecule has 4 rings (SSSR count). The second-order valence-corrected chi connectivity index (χ2v) is 7.90. The Morgan fingerprint density at radius 1 is 1.03 bits per heavy atom. The SMILES string of the molecule is Cc1nc(-c2ccc(C(=O)OCC(=O)Nc3nc(-c4ccc(F)cc4)cs3)cc2)[nH]c1C. The molecule has 2 heterocycles. The topological polar surface area (TPSA) is 97.0 Å². The molecule has 0 saturated heterocycles. The summed E-state index contributed by atoms with van der Waals surface area (Å²) < 4.78 is 18.1. The second-order valence-electron chi connectivity index (χ2n) is 7.04. The average molecular weight is 450 g/mol. The number of carbonyl (C=O) groups is 2. The fourth-order valence-corrected chi connectivity index (χ4v) is 3.64. The zero-order valence-corrected chi connectivity index (χ0v) is 18.1. The average Bonchev–Trinajstić information content (AvgIpc) is 3.39. The first-order valence-electron chi connectivity index (χ1n) is 9.71.